The molecule has 0 aromatic heterocycles. The highest BCUT2D eigenvalue weighted by Gasteiger charge is 2.31. The van der Waals surface area contributed by atoms with E-state index in [4.69, 9.17) is 0 Å². The van der Waals surface area contributed by atoms with E-state index in [0.29, 0.717) is 13.0 Å². The van der Waals surface area contributed by atoms with Crippen LogP contribution in [0, 0.1) is 0 Å². The summed E-state index contributed by atoms with van der Waals surface area (Å²) in [5.74, 6) is -0.475. The van der Waals surface area contributed by atoms with Gasteiger partial charge in [-0.1, -0.05) is 36.0 Å². The first-order chi connectivity index (χ1) is 15.2. The molecule has 1 aliphatic rings. The topological polar surface area (TPSA) is 58.6 Å². The molecule has 5 nitrogen and oxygen atoms in total. The molecule has 3 aromatic carbocycles. The second-order valence-corrected chi connectivity index (χ2v) is 9.81. The van der Waals surface area contributed by atoms with Crippen LogP contribution in [0.2, 0.25) is 0 Å². The zero-order chi connectivity index (χ0) is 22.8. The van der Waals surface area contributed by atoms with E-state index in [1.54, 1.807) is 11.8 Å². The molecule has 0 spiro atoms. The van der Waals surface area contributed by atoms with E-state index in [1.165, 1.54) is 0 Å². The maximum Gasteiger partial charge on any atom is 0.573 e. The van der Waals surface area contributed by atoms with Crippen LogP contribution in [0.15, 0.2) is 87.5 Å². The van der Waals surface area contributed by atoms with Gasteiger partial charge in [-0.15, -0.1) is 13.2 Å². The number of hydrogen-bond donors (Lipinski definition) is 1. The molecule has 0 amide bonds. The van der Waals surface area contributed by atoms with Gasteiger partial charge in [0, 0.05) is 22.9 Å². The summed E-state index contributed by atoms with van der Waals surface area (Å²) in [7, 11) is -3.85. The maximum absolute atomic E-state index is 12.5. The van der Waals surface area contributed by atoms with Crippen molar-refractivity contribution in [2.24, 2.45) is 0 Å². The first-order valence-corrected chi connectivity index (χ1v) is 12.0. The third kappa shape index (κ3) is 5.20. The van der Waals surface area contributed by atoms with Crippen molar-refractivity contribution >= 4 is 33.2 Å². The molecule has 0 unspecified atom stereocenters. The van der Waals surface area contributed by atoms with E-state index in [9.17, 15) is 21.6 Å². The largest absolute Gasteiger partial charge is 0.573 e. The number of hydrogen-bond acceptors (Lipinski definition) is 5. The summed E-state index contributed by atoms with van der Waals surface area (Å²) in [6.07, 6.45) is -4.30. The van der Waals surface area contributed by atoms with Gasteiger partial charge in [-0.25, -0.2) is 13.1 Å². The number of sulfonamides is 1. The summed E-state index contributed by atoms with van der Waals surface area (Å²) < 4.78 is 68.0. The number of ether oxygens (including phenoxy) is 1. The molecule has 10 heteroatoms. The SMILES string of the molecule is O=S(=O)(NCCCN1c2ccccc2Sc2ccccc21)c1ccc(OC(F)(F)F)cc1. The highest BCUT2D eigenvalue weighted by Crippen LogP contribution is 2.47. The Bertz CT molecular complexity index is 1150. The second kappa shape index (κ2) is 9.05. The van der Waals surface area contributed by atoms with Crippen LogP contribution in [0.1, 0.15) is 6.42 Å². The monoisotopic (exact) mass is 480 g/mol. The number of nitrogens with one attached hydrogen (secondary N) is 1. The lowest BCUT2D eigenvalue weighted by Crippen LogP contribution is -2.29. The molecule has 0 saturated carbocycles. The summed E-state index contributed by atoms with van der Waals surface area (Å²) in [4.78, 5) is 4.30. The first-order valence-electron chi connectivity index (χ1n) is 9.72. The van der Waals surface area contributed by atoms with Crippen LogP contribution in [-0.4, -0.2) is 27.9 Å². The Morgan fingerprint density at radius 2 is 1.44 bits per heavy atom. The van der Waals surface area contributed by atoms with Gasteiger partial charge in [-0.05, 0) is 55.0 Å². The Labute approximate surface area is 188 Å². The van der Waals surface area contributed by atoms with Gasteiger partial charge >= 0.3 is 6.36 Å². The van der Waals surface area contributed by atoms with Gasteiger partial charge < -0.3 is 9.64 Å². The van der Waals surface area contributed by atoms with Crippen molar-refractivity contribution in [3.63, 3.8) is 0 Å². The molecule has 0 bridgehead atoms. The number of rotatable bonds is 7. The molecule has 32 heavy (non-hydrogen) atoms. The van der Waals surface area contributed by atoms with Gasteiger partial charge in [0.2, 0.25) is 10.0 Å². The van der Waals surface area contributed by atoms with Gasteiger partial charge in [-0.3, -0.25) is 0 Å². The van der Waals surface area contributed by atoms with E-state index < -0.39 is 22.1 Å². The molecule has 0 radical (unpaired) electrons. The number of halogens is 3. The van der Waals surface area contributed by atoms with Crippen LogP contribution in [-0.2, 0) is 10.0 Å². The summed E-state index contributed by atoms with van der Waals surface area (Å²) in [5, 5.41) is 0. The van der Waals surface area contributed by atoms with Crippen LogP contribution in [0.5, 0.6) is 5.75 Å². The van der Waals surface area contributed by atoms with E-state index in [0.717, 1.165) is 45.4 Å². The second-order valence-electron chi connectivity index (χ2n) is 6.96. The molecule has 168 valence electrons. The zero-order valence-electron chi connectivity index (χ0n) is 16.7. The van der Waals surface area contributed by atoms with E-state index in [-0.39, 0.29) is 11.4 Å². The Kier molecular flexibility index (Phi) is 6.36. The molecule has 0 atom stereocenters. The molecule has 4 rings (SSSR count). The average molecular weight is 481 g/mol. The predicted molar refractivity (Wildman–Crippen MR) is 117 cm³/mol. The summed E-state index contributed by atoms with van der Waals surface area (Å²) >= 11 is 1.70. The molecule has 1 N–H and O–H groups in total. The normalized spacial score (nSPS) is 13.4. The van der Waals surface area contributed by atoms with Crippen molar-refractivity contribution in [1.82, 2.24) is 4.72 Å². The highest BCUT2D eigenvalue weighted by molar-refractivity contribution is 7.99. The van der Waals surface area contributed by atoms with E-state index >= 15 is 0 Å². The predicted octanol–water partition coefficient (Wildman–Crippen LogP) is 5.56. The minimum absolute atomic E-state index is 0.128. The fraction of sp³-hybridized carbons (Fsp3) is 0.182. The molecule has 0 aliphatic carbocycles. The van der Waals surface area contributed by atoms with Crippen LogP contribution in [0.4, 0.5) is 24.5 Å². The van der Waals surface area contributed by atoms with Crippen LogP contribution < -0.4 is 14.4 Å². The van der Waals surface area contributed by atoms with Crippen LogP contribution in [0.3, 0.4) is 0 Å². The molecular weight excluding hydrogens is 461 g/mol. The minimum atomic E-state index is -4.83. The lowest BCUT2D eigenvalue weighted by Gasteiger charge is -2.32. The summed E-state index contributed by atoms with van der Waals surface area (Å²) in [6.45, 7) is 0.770. The van der Waals surface area contributed by atoms with Gasteiger partial charge in [0.25, 0.3) is 0 Å². The number of benzene rings is 3. The quantitative estimate of drug-likeness (QED) is 0.449. The number of anilines is 2. The number of fused-ring (bicyclic) bond motifs is 2. The lowest BCUT2D eigenvalue weighted by atomic mass is 10.2. The standard InChI is InChI=1S/C22H19F3N2O3S2/c23-22(24,25)30-16-10-12-17(13-11-16)32(28,29)26-14-5-15-27-18-6-1-3-8-20(18)31-21-9-4-2-7-19(21)27/h1-4,6-13,26H,5,14-15H2. The third-order valence-corrected chi connectivity index (χ3v) is 7.36. The van der Waals surface area contributed by atoms with Gasteiger partial charge in [0.05, 0.1) is 16.3 Å². The Balaban J connectivity index is 1.39. The fourth-order valence-electron chi connectivity index (χ4n) is 3.37. The number of alkyl halides is 3. The van der Waals surface area contributed by atoms with E-state index in [2.05, 4.69) is 26.5 Å². The van der Waals surface area contributed by atoms with Crippen molar-refractivity contribution in [2.75, 3.05) is 18.0 Å². The van der Waals surface area contributed by atoms with Gasteiger partial charge in [0.15, 0.2) is 0 Å². The van der Waals surface area contributed by atoms with Crippen LogP contribution >= 0.6 is 11.8 Å². The van der Waals surface area contributed by atoms with Crippen molar-refractivity contribution in [2.45, 2.75) is 27.5 Å². The molecule has 0 saturated heterocycles. The number of nitrogens with zero attached hydrogens (tertiary/aromatic N) is 1. The van der Waals surface area contributed by atoms with Crippen molar-refractivity contribution in [3.05, 3.63) is 72.8 Å². The van der Waals surface area contributed by atoms with E-state index in [1.807, 2.05) is 36.4 Å². The molecular formula is C22H19F3N2O3S2. The molecule has 0 fully saturated rings. The first kappa shape index (κ1) is 22.5. The maximum atomic E-state index is 12.5. The molecule has 1 aliphatic heterocycles. The van der Waals surface area contributed by atoms with Gasteiger partial charge in [0.1, 0.15) is 5.75 Å². The Hall–Kier alpha value is -2.69. The minimum Gasteiger partial charge on any atom is -0.406 e. The molecule has 3 aromatic rings. The highest BCUT2D eigenvalue weighted by atomic mass is 32.2. The lowest BCUT2D eigenvalue weighted by molar-refractivity contribution is -0.274. The summed E-state index contributed by atoms with van der Waals surface area (Å²) in [6, 6.07) is 20.2. The Morgan fingerprint density at radius 1 is 0.875 bits per heavy atom. The van der Waals surface area contributed by atoms with Crippen molar-refractivity contribution < 1.29 is 26.3 Å². The third-order valence-electron chi connectivity index (χ3n) is 4.75. The molecule has 1 heterocycles. The zero-order valence-corrected chi connectivity index (χ0v) is 18.3. The van der Waals surface area contributed by atoms with Gasteiger partial charge in [-0.2, -0.15) is 0 Å². The van der Waals surface area contributed by atoms with Crippen LogP contribution in [0.25, 0.3) is 0 Å². The smallest absolute Gasteiger partial charge is 0.406 e. The number of para-hydroxylation sites is 2. The fourth-order valence-corrected chi connectivity index (χ4v) is 5.54. The Morgan fingerprint density at radius 3 is 2.00 bits per heavy atom. The summed E-state index contributed by atoms with van der Waals surface area (Å²) in [5.41, 5.74) is 2.14. The van der Waals surface area contributed by atoms with Crippen molar-refractivity contribution in [3.8, 4) is 5.75 Å². The van der Waals surface area contributed by atoms with Crippen molar-refractivity contribution in [1.29, 1.82) is 0 Å². The average Bonchev–Trinajstić information content (AvgIpc) is 2.75.